The first kappa shape index (κ1) is 21.8. The van der Waals surface area contributed by atoms with E-state index in [9.17, 15) is 0 Å². The summed E-state index contributed by atoms with van der Waals surface area (Å²) in [5, 5.41) is 0. The predicted molar refractivity (Wildman–Crippen MR) is 88.3 cm³/mol. The van der Waals surface area contributed by atoms with Crippen molar-refractivity contribution in [3.63, 3.8) is 0 Å². The van der Waals surface area contributed by atoms with Gasteiger partial charge in [0.05, 0.1) is 39.1 Å². The Morgan fingerprint density at radius 3 is 1.45 bits per heavy atom. The number of rotatable bonds is 13. The van der Waals surface area contributed by atoms with Gasteiger partial charge in [0.15, 0.2) is 0 Å². The first-order valence-electron chi connectivity index (χ1n) is 8.08. The minimum absolute atomic E-state index is 0.0409. The van der Waals surface area contributed by atoms with Crippen LogP contribution in [-0.4, -0.2) is 66.6 Å². The largest absolute Gasteiger partial charge is 0.382 e. The van der Waals surface area contributed by atoms with Gasteiger partial charge >= 0.3 is 0 Å². The first-order chi connectivity index (χ1) is 10.4. The fourth-order valence-electron chi connectivity index (χ4n) is 2.04. The third kappa shape index (κ3) is 9.74. The molecule has 0 fully saturated rings. The second-order valence-corrected chi connectivity index (χ2v) is 6.75. The topological polar surface area (TPSA) is 46.2 Å². The molecule has 0 saturated heterocycles. The number of hydrogen-bond donors (Lipinski definition) is 0. The lowest BCUT2D eigenvalue weighted by molar-refractivity contribution is -0.0915. The Hall–Kier alpha value is -0.200. The molecule has 0 spiro atoms. The van der Waals surface area contributed by atoms with Crippen LogP contribution in [0, 0.1) is 11.3 Å². The number of hydrogen-bond acceptors (Lipinski definition) is 5. The molecule has 0 rings (SSSR count). The monoisotopic (exact) mass is 320 g/mol. The third-order valence-electron chi connectivity index (χ3n) is 3.80. The Morgan fingerprint density at radius 2 is 1.09 bits per heavy atom. The third-order valence-corrected chi connectivity index (χ3v) is 3.80. The van der Waals surface area contributed by atoms with Crippen LogP contribution in [0.5, 0.6) is 0 Å². The minimum atomic E-state index is -0.0409. The summed E-state index contributed by atoms with van der Waals surface area (Å²) in [7, 11) is 5.05. The molecule has 134 valence electrons. The van der Waals surface area contributed by atoms with Crippen molar-refractivity contribution >= 4 is 0 Å². The van der Waals surface area contributed by atoms with Gasteiger partial charge < -0.3 is 23.7 Å². The van der Waals surface area contributed by atoms with Gasteiger partial charge in [0, 0.05) is 27.2 Å². The molecule has 0 aliphatic rings. The molecule has 5 nitrogen and oxygen atoms in total. The van der Waals surface area contributed by atoms with Gasteiger partial charge in [-0.2, -0.15) is 0 Å². The standard InChI is InChI=1S/C17H36O5/c1-8-15(11-18-5)21-9-14(17(2,3)4)10-22-16(12-19-6)13-20-7/h14-16H,8-13H2,1-7H3. The second kappa shape index (κ2) is 12.3. The van der Waals surface area contributed by atoms with Crippen molar-refractivity contribution in [1.29, 1.82) is 0 Å². The summed E-state index contributed by atoms with van der Waals surface area (Å²) in [6.45, 7) is 11.7. The molecule has 0 heterocycles. The van der Waals surface area contributed by atoms with Crippen molar-refractivity contribution < 1.29 is 23.7 Å². The van der Waals surface area contributed by atoms with Gasteiger partial charge in [-0.25, -0.2) is 0 Å². The van der Waals surface area contributed by atoms with Crippen LogP contribution in [0.25, 0.3) is 0 Å². The highest BCUT2D eigenvalue weighted by Gasteiger charge is 2.27. The molecular weight excluding hydrogens is 284 g/mol. The Morgan fingerprint density at radius 1 is 0.682 bits per heavy atom. The highest BCUT2D eigenvalue weighted by Crippen LogP contribution is 2.27. The fraction of sp³-hybridized carbons (Fsp3) is 1.00. The van der Waals surface area contributed by atoms with Gasteiger partial charge in [-0.1, -0.05) is 27.7 Å². The molecule has 0 aliphatic carbocycles. The Kier molecular flexibility index (Phi) is 12.1. The van der Waals surface area contributed by atoms with Gasteiger partial charge in [-0.05, 0) is 11.8 Å². The summed E-state index contributed by atoms with van der Waals surface area (Å²) in [5.74, 6) is 0.301. The summed E-state index contributed by atoms with van der Waals surface area (Å²) in [5.41, 5.74) is 0.107. The molecule has 2 unspecified atom stereocenters. The summed E-state index contributed by atoms with van der Waals surface area (Å²) < 4.78 is 27.5. The molecule has 0 amide bonds. The fourth-order valence-corrected chi connectivity index (χ4v) is 2.04. The van der Waals surface area contributed by atoms with E-state index in [1.165, 1.54) is 0 Å². The summed E-state index contributed by atoms with van der Waals surface area (Å²) in [6, 6.07) is 0. The maximum atomic E-state index is 6.01. The van der Waals surface area contributed by atoms with E-state index in [-0.39, 0.29) is 17.6 Å². The summed E-state index contributed by atoms with van der Waals surface area (Å²) in [6.07, 6.45) is 1.05. The Labute approximate surface area is 136 Å². The molecule has 2 atom stereocenters. The zero-order valence-corrected chi connectivity index (χ0v) is 15.5. The van der Waals surface area contributed by atoms with E-state index in [0.717, 1.165) is 6.42 Å². The number of ether oxygens (including phenoxy) is 5. The van der Waals surface area contributed by atoms with Gasteiger partial charge in [-0.15, -0.1) is 0 Å². The summed E-state index contributed by atoms with van der Waals surface area (Å²) in [4.78, 5) is 0. The molecule has 0 radical (unpaired) electrons. The van der Waals surface area contributed by atoms with Crippen molar-refractivity contribution in [2.75, 3.05) is 54.4 Å². The average molecular weight is 320 g/mol. The highest BCUT2D eigenvalue weighted by molar-refractivity contribution is 4.75. The lowest BCUT2D eigenvalue weighted by Crippen LogP contribution is -2.35. The van der Waals surface area contributed by atoms with Gasteiger partial charge in [0.1, 0.15) is 6.10 Å². The van der Waals surface area contributed by atoms with E-state index in [0.29, 0.717) is 39.0 Å². The lowest BCUT2D eigenvalue weighted by atomic mass is 9.82. The van der Waals surface area contributed by atoms with Crippen molar-refractivity contribution in [2.24, 2.45) is 11.3 Å². The minimum Gasteiger partial charge on any atom is -0.382 e. The van der Waals surface area contributed by atoms with E-state index in [1.807, 2.05) is 0 Å². The van der Waals surface area contributed by atoms with Crippen LogP contribution >= 0.6 is 0 Å². The first-order valence-corrected chi connectivity index (χ1v) is 8.08. The molecule has 0 saturated carbocycles. The molecule has 5 heteroatoms. The van der Waals surface area contributed by atoms with Gasteiger partial charge in [-0.3, -0.25) is 0 Å². The SMILES string of the molecule is CCC(COC)OCC(COC(COC)COC)C(C)(C)C. The zero-order valence-electron chi connectivity index (χ0n) is 15.5. The van der Waals surface area contributed by atoms with E-state index in [2.05, 4.69) is 27.7 Å². The molecule has 0 bridgehead atoms. The Bertz CT molecular complexity index is 246. The molecule has 0 aromatic heterocycles. The molecule has 22 heavy (non-hydrogen) atoms. The average Bonchev–Trinajstić information content (AvgIpc) is 2.44. The zero-order chi connectivity index (χ0) is 17.0. The van der Waals surface area contributed by atoms with Crippen LogP contribution in [-0.2, 0) is 23.7 Å². The lowest BCUT2D eigenvalue weighted by Gasteiger charge is -2.32. The molecule has 0 aliphatic heterocycles. The molecule has 0 N–H and O–H groups in total. The van der Waals surface area contributed by atoms with Crippen LogP contribution in [0.1, 0.15) is 34.1 Å². The van der Waals surface area contributed by atoms with E-state index < -0.39 is 0 Å². The van der Waals surface area contributed by atoms with Gasteiger partial charge in [0.25, 0.3) is 0 Å². The smallest absolute Gasteiger partial charge is 0.104 e. The van der Waals surface area contributed by atoms with Crippen LogP contribution < -0.4 is 0 Å². The molecule has 0 aromatic rings. The van der Waals surface area contributed by atoms with Crippen LogP contribution in [0.15, 0.2) is 0 Å². The number of methoxy groups -OCH3 is 3. The van der Waals surface area contributed by atoms with Crippen LogP contribution in [0.2, 0.25) is 0 Å². The maximum Gasteiger partial charge on any atom is 0.104 e. The van der Waals surface area contributed by atoms with Crippen molar-refractivity contribution in [3.8, 4) is 0 Å². The van der Waals surface area contributed by atoms with E-state index in [4.69, 9.17) is 23.7 Å². The quantitative estimate of drug-likeness (QED) is 0.522. The second-order valence-electron chi connectivity index (χ2n) is 6.75. The predicted octanol–water partition coefficient (Wildman–Crippen LogP) is 2.77. The van der Waals surface area contributed by atoms with Gasteiger partial charge in [0.2, 0.25) is 0 Å². The van der Waals surface area contributed by atoms with Crippen molar-refractivity contribution in [3.05, 3.63) is 0 Å². The Balaban J connectivity index is 4.45. The normalized spacial score (nSPS) is 15.3. The van der Waals surface area contributed by atoms with Crippen LogP contribution in [0.3, 0.4) is 0 Å². The van der Waals surface area contributed by atoms with E-state index >= 15 is 0 Å². The highest BCUT2D eigenvalue weighted by atomic mass is 16.6. The van der Waals surface area contributed by atoms with Crippen molar-refractivity contribution in [1.82, 2.24) is 0 Å². The molecular formula is C17H36O5. The van der Waals surface area contributed by atoms with Crippen LogP contribution in [0.4, 0.5) is 0 Å². The molecule has 0 aromatic carbocycles. The van der Waals surface area contributed by atoms with Crippen molar-refractivity contribution in [2.45, 2.75) is 46.3 Å². The van der Waals surface area contributed by atoms with E-state index in [1.54, 1.807) is 21.3 Å². The maximum absolute atomic E-state index is 6.01. The summed E-state index contributed by atoms with van der Waals surface area (Å²) >= 11 is 0.